The zero-order valence-electron chi connectivity index (χ0n) is 15.2. The zero-order chi connectivity index (χ0) is 16.1. The van der Waals surface area contributed by atoms with Gasteiger partial charge in [0.05, 0.1) is 0 Å². The summed E-state index contributed by atoms with van der Waals surface area (Å²) in [6, 6.07) is 0. The van der Waals surface area contributed by atoms with E-state index in [1.807, 2.05) is 0 Å². The zero-order valence-corrected chi connectivity index (χ0v) is 15.2. The highest BCUT2D eigenvalue weighted by molar-refractivity contribution is 5.23. The summed E-state index contributed by atoms with van der Waals surface area (Å²) in [5.74, 6) is 4.81. The second kappa shape index (κ2) is 5.82. The van der Waals surface area contributed by atoms with E-state index in [2.05, 4.69) is 47.4 Å². The summed E-state index contributed by atoms with van der Waals surface area (Å²) in [5.41, 5.74) is 3.23. The van der Waals surface area contributed by atoms with Gasteiger partial charge in [-0.1, -0.05) is 56.4 Å². The number of allylic oxidation sites excluding steroid dienone is 3. The summed E-state index contributed by atoms with van der Waals surface area (Å²) in [4.78, 5) is 0. The van der Waals surface area contributed by atoms with Crippen molar-refractivity contribution in [2.45, 2.75) is 65.3 Å². The Kier molecular flexibility index (Phi) is 4.31. The highest BCUT2D eigenvalue weighted by atomic mass is 15.0. The van der Waals surface area contributed by atoms with Crippen LogP contribution in [0.2, 0.25) is 0 Å². The first-order valence-corrected chi connectivity index (χ1v) is 9.31. The maximum atomic E-state index is 4.88. The molecule has 0 aromatic heterocycles. The summed E-state index contributed by atoms with van der Waals surface area (Å²) >= 11 is 0. The van der Waals surface area contributed by atoms with Crippen LogP contribution in [0, 0.1) is 35.5 Å². The van der Waals surface area contributed by atoms with Gasteiger partial charge in [0.2, 0.25) is 0 Å². The van der Waals surface area contributed by atoms with E-state index in [-0.39, 0.29) is 5.54 Å². The molecular formula is C21H34N-. The lowest BCUT2D eigenvalue weighted by molar-refractivity contribution is -0.0407. The van der Waals surface area contributed by atoms with E-state index in [0.29, 0.717) is 0 Å². The monoisotopic (exact) mass is 300 g/mol. The van der Waals surface area contributed by atoms with Crippen molar-refractivity contribution in [3.8, 4) is 0 Å². The second-order valence-corrected chi connectivity index (χ2v) is 8.81. The fourth-order valence-electron chi connectivity index (χ4n) is 6.23. The van der Waals surface area contributed by atoms with Gasteiger partial charge in [0.25, 0.3) is 0 Å². The van der Waals surface area contributed by atoms with Gasteiger partial charge in [0.15, 0.2) is 0 Å². The molecule has 3 aliphatic rings. The number of hydrogen-bond donors (Lipinski definition) is 0. The molecular weight excluding hydrogens is 266 g/mol. The van der Waals surface area contributed by atoms with Crippen molar-refractivity contribution in [3.05, 3.63) is 29.1 Å². The van der Waals surface area contributed by atoms with Crippen LogP contribution in [-0.4, -0.2) is 12.6 Å². The quantitative estimate of drug-likeness (QED) is 0.557. The summed E-state index contributed by atoms with van der Waals surface area (Å²) in [6.45, 7) is 14.0. The van der Waals surface area contributed by atoms with Gasteiger partial charge in [-0.2, -0.15) is 7.05 Å². The molecule has 3 aliphatic carbocycles. The van der Waals surface area contributed by atoms with Crippen LogP contribution in [0.3, 0.4) is 0 Å². The predicted molar refractivity (Wildman–Crippen MR) is 96.0 cm³/mol. The van der Waals surface area contributed by atoms with E-state index < -0.39 is 0 Å². The van der Waals surface area contributed by atoms with Crippen molar-refractivity contribution in [2.24, 2.45) is 35.5 Å². The molecule has 0 N–H and O–H groups in total. The SMILES string of the molecule is C=C1CC[C@H]2[C@H]3[C@H](CC[C@]2(C)[N-]C)[C@@H](C)C[C@H](C=C(C)C)[C@H]13. The Balaban J connectivity index is 2.00. The van der Waals surface area contributed by atoms with E-state index in [9.17, 15) is 0 Å². The summed E-state index contributed by atoms with van der Waals surface area (Å²) in [5, 5.41) is 4.88. The van der Waals surface area contributed by atoms with Gasteiger partial charge in [-0.25, -0.2) is 0 Å². The van der Waals surface area contributed by atoms with Gasteiger partial charge >= 0.3 is 0 Å². The first-order chi connectivity index (χ1) is 10.4. The molecule has 0 aliphatic heterocycles. The molecule has 0 aromatic rings. The third-order valence-electron chi connectivity index (χ3n) is 7.30. The molecule has 3 saturated carbocycles. The van der Waals surface area contributed by atoms with E-state index in [1.165, 1.54) is 37.7 Å². The Morgan fingerprint density at radius 1 is 1.32 bits per heavy atom. The van der Waals surface area contributed by atoms with Crippen molar-refractivity contribution in [2.75, 3.05) is 7.05 Å². The average Bonchev–Trinajstić information content (AvgIpc) is 2.45. The maximum absolute atomic E-state index is 4.88. The maximum Gasteiger partial charge on any atom is -0.0109 e. The van der Waals surface area contributed by atoms with Crippen LogP contribution in [0.5, 0.6) is 0 Å². The highest BCUT2D eigenvalue weighted by Gasteiger charge is 2.52. The Morgan fingerprint density at radius 3 is 2.68 bits per heavy atom. The summed E-state index contributed by atoms with van der Waals surface area (Å²) in [7, 11) is 2.05. The van der Waals surface area contributed by atoms with Gasteiger partial charge in [-0.15, -0.1) is 5.54 Å². The molecule has 1 heteroatoms. The van der Waals surface area contributed by atoms with Gasteiger partial charge in [0, 0.05) is 0 Å². The van der Waals surface area contributed by atoms with Gasteiger partial charge < -0.3 is 5.32 Å². The van der Waals surface area contributed by atoms with Crippen LogP contribution in [0.1, 0.15) is 59.8 Å². The Bertz CT molecular complexity index is 472. The minimum Gasteiger partial charge on any atom is -0.659 e. The molecule has 3 rings (SSSR count). The fraction of sp³-hybridized carbons (Fsp3) is 0.810. The van der Waals surface area contributed by atoms with E-state index in [4.69, 9.17) is 5.32 Å². The van der Waals surface area contributed by atoms with E-state index >= 15 is 0 Å². The molecule has 0 spiro atoms. The molecule has 0 saturated heterocycles. The van der Waals surface area contributed by atoms with Crippen LogP contribution in [0.25, 0.3) is 5.32 Å². The molecule has 124 valence electrons. The Hall–Kier alpha value is -0.560. The standard InChI is InChI=1S/C21H34N/c1-13(2)11-16-12-15(4)17-9-10-21(5,22-6)18-8-7-14(3)19(16)20(17)18/h11,15-20H,3,7-10,12H2,1-2,4-6H3/q-1/t15-,16-,17+,18-,19-,20+,21-/m0/s1. The van der Waals surface area contributed by atoms with Crippen molar-refractivity contribution >= 4 is 0 Å². The lowest BCUT2D eigenvalue weighted by Gasteiger charge is -2.64. The van der Waals surface area contributed by atoms with Crippen LogP contribution in [0.4, 0.5) is 0 Å². The predicted octanol–water partition coefficient (Wildman–Crippen LogP) is 5.98. The summed E-state index contributed by atoms with van der Waals surface area (Å²) < 4.78 is 0. The average molecular weight is 301 g/mol. The third-order valence-corrected chi connectivity index (χ3v) is 7.30. The van der Waals surface area contributed by atoms with Gasteiger partial charge in [0.1, 0.15) is 0 Å². The van der Waals surface area contributed by atoms with E-state index in [0.717, 1.165) is 35.5 Å². The smallest absolute Gasteiger partial charge is 0.0109 e. The summed E-state index contributed by atoms with van der Waals surface area (Å²) in [6.07, 6.45) is 9.14. The van der Waals surface area contributed by atoms with Crippen molar-refractivity contribution in [1.29, 1.82) is 0 Å². The number of hydrogen-bond acceptors (Lipinski definition) is 0. The molecule has 0 aromatic carbocycles. The molecule has 0 unspecified atom stereocenters. The lowest BCUT2D eigenvalue weighted by Crippen LogP contribution is -2.55. The first-order valence-electron chi connectivity index (χ1n) is 9.31. The first kappa shape index (κ1) is 16.3. The van der Waals surface area contributed by atoms with Crippen LogP contribution in [-0.2, 0) is 0 Å². The molecule has 7 atom stereocenters. The highest BCUT2D eigenvalue weighted by Crippen LogP contribution is 2.61. The molecule has 3 fully saturated rings. The minimum absolute atomic E-state index is 0.215. The van der Waals surface area contributed by atoms with Crippen molar-refractivity contribution in [3.63, 3.8) is 0 Å². The van der Waals surface area contributed by atoms with Crippen molar-refractivity contribution < 1.29 is 0 Å². The fourth-order valence-corrected chi connectivity index (χ4v) is 6.23. The topological polar surface area (TPSA) is 14.1 Å². The Labute approximate surface area is 137 Å². The van der Waals surface area contributed by atoms with E-state index in [1.54, 1.807) is 5.57 Å². The van der Waals surface area contributed by atoms with Gasteiger partial charge in [-0.3, -0.25) is 0 Å². The van der Waals surface area contributed by atoms with Gasteiger partial charge in [-0.05, 0) is 62.7 Å². The normalized spacial score (nSPS) is 47.8. The third kappa shape index (κ3) is 2.50. The number of nitrogens with zero attached hydrogens (tertiary/aromatic N) is 1. The van der Waals surface area contributed by atoms with Crippen LogP contribution in [0.15, 0.2) is 23.8 Å². The Morgan fingerprint density at radius 2 is 2.05 bits per heavy atom. The minimum atomic E-state index is 0.215. The lowest BCUT2D eigenvalue weighted by atomic mass is 9.46. The molecule has 0 heterocycles. The molecule has 0 amide bonds. The van der Waals surface area contributed by atoms with Crippen LogP contribution < -0.4 is 0 Å². The molecule has 0 bridgehead atoms. The largest absolute Gasteiger partial charge is 0.659 e. The van der Waals surface area contributed by atoms with Crippen molar-refractivity contribution in [1.82, 2.24) is 0 Å². The second-order valence-electron chi connectivity index (χ2n) is 8.81. The van der Waals surface area contributed by atoms with Crippen LogP contribution >= 0.6 is 0 Å². The molecule has 0 radical (unpaired) electrons. The molecule has 22 heavy (non-hydrogen) atoms. The number of rotatable bonds is 2. The molecule has 1 nitrogen and oxygen atoms in total.